The van der Waals surface area contributed by atoms with Crippen LogP contribution in [-0.4, -0.2) is 49.6 Å². The molecule has 0 heterocycles. The quantitative estimate of drug-likeness (QED) is 0.778. The fourth-order valence-corrected chi connectivity index (χ4v) is 2.44. The molecule has 0 fully saturated rings. The van der Waals surface area contributed by atoms with Crippen LogP contribution in [0.25, 0.3) is 0 Å². The molecular weight excluding hydrogens is 234 g/mol. The number of benzene rings is 1. The van der Waals surface area contributed by atoms with Crippen LogP contribution in [0.4, 0.5) is 0 Å². The zero-order chi connectivity index (χ0) is 14.3. The number of nitrogens with two attached hydrogens (primary N) is 1. The van der Waals surface area contributed by atoms with Gasteiger partial charge in [-0.2, -0.15) is 0 Å². The molecule has 1 aromatic rings. The van der Waals surface area contributed by atoms with E-state index in [1.165, 1.54) is 11.1 Å². The Kier molecular flexibility index (Phi) is 7.06. The summed E-state index contributed by atoms with van der Waals surface area (Å²) in [7, 11) is 4.26. The predicted molar refractivity (Wildman–Crippen MR) is 83.3 cm³/mol. The number of likely N-dealkylation sites (N-methyl/N-ethyl adjacent to an activating group) is 2. The van der Waals surface area contributed by atoms with Crippen LogP contribution < -0.4 is 5.73 Å². The van der Waals surface area contributed by atoms with Crippen molar-refractivity contribution in [3.8, 4) is 0 Å². The molecule has 0 saturated carbocycles. The molecule has 0 radical (unpaired) electrons. The largest absolute Gasteiger partial charge is 0.330 e. The summed E-state index contributed by atoms with van der Waals surface area (Å²) in [6, 6.07) is 9.44. The van der Waals surface area contributed by atoms with Crippen LogP contribution in [0.3, 0.4) is 0 Å². The second kappa shape index (κ2) is 8.31. The van der Waals surface area contributed by atoms with Crippen molar-refractivity contribution < 1.29 is 0 Å². The highest BCUT2D eigenvalue weighted by Gasteiger charge is 2.13. The molecule has 3 nitrogen and oxygen atoms in total. The van der Waals surface area contributed by atoms with Gasteiger partial charge in [0.15, 0.2) is 0 Å². The van der Waals surface area contributed by atoms with Crippen LogP contribution in [0.2, 0.25) is 0 Å². The van der Waals surface area contributed by atoms with Gasteiger partial charge in [-0.25, -0.2) is 0 Å². The van der Waals surface area contributed by atoms with Gasteiger partial charge in [0.25, 0.3) is 0 Å². The molecule has 1 atom stereocenters. The third kappa shape index (κ3) is 5.72. The number of rotatable bonds is 8. The van der Waals surface area contributed by atoms with Crippen LogP contribution in [0.1, 0.15) is 25.0 Å². The molecule has 1 aromatic carbocycles. The third-order valence-electron chi connectivity index (χ3n) is 3.50. The maximum Gasteiger partial charge on any atom is 0.0236 e. The van der Waals surface area contributed by atoms with Crippen molar-refractivity contribution in [1.82, 2.24) is 9.80 Å². The Morgan fingerprint density at radius 3 is 2.16 bits per heavy atom. The van der Waals surface area contributed by atoms with E-state index >= 15 is 0 Å². The molecule has 0 saturated heterocycles. The lowest BCUT2D eigenvalue weighted by Crippen LogP contribution is -2.39. The fourth-order valence-electron chi connectivity index (χ4n) is 2.44. The number of hydrogen-bond acceptors (Lipinski definition) is 3. The summed E-state index contributed by atoms with van der Waals surface area (Å²) in [5, 5.41) is 0. The Morgan fingerprint density at radius 1 is 1.11 bits per heavy atom. The minimum absolute atomic E-state index is 0.573. The van der Waals surface area contributed by atoms with Crippen molar-refractivity contribution in [2.24, 2.45) is 5.73 Å². The first-order valence-electron chi connectivity index (χ1n) is 7.23. The average Bonchev–Trinajstić information content (AvgIpc) is 2.37. The summed E-state index contributed by atoms with van der Waals surface area (Å²) in [4.78, 5) is 4.76. The molecule has 0 aromatic heterocycles. The van der Waals surface area contributed by atoms with Gasteiger partial charge in [0.1, 0.15) is 0 Å². The highest BCUT2D eigenvalue weighted by atomic mass is 15.2. The van der Waals surface area contributed by atoms with Gasteiger partial charge in [0.05, 0.1) is 0 Å². The van der Waals surface area contributed by atoms with Crippen LogP contribution in [0.15, 0.2) is 24.3 Å². The lowest BCUT2D eigenvalue weighted by atomic mass is 10.1. The average molecular weight is 263 g/mol. The van der Waals surface area contributed by atoms with Crippen LogP contribution in [0, 0.1) is 0 Å². The van der Waals surface area contributed by atoms with Gasteiger partial charge in [-0.1, -0.05) is 31.2 Å². The minimum atomic E-state index is 0.573. The Morgan fingerprint density at radius 2 is 1.68 bits per heavy atom. The SMILES string of the molecule is CCN(Cc1ccc(CCN)cc1)C(C)CN(C)C. The standard InChI is InChI=1S/C16H29N3/c1-5-19(14(2)12-18(3)4)13-16-8-6-15(7-9-16)10-11-17/h6-9,14H,5,10-13,17H2,1-4H3. The minimum Gasteiger partial charge on any atom is -0.330 e. The van der Waals surface area contributed by atoms with E-state index in [-0.39, 0.29) is 0 Å². The Balaban J connectivity index is 2.59. The summed E-state index contributed by atoms with van der Waals surface area (Å²) in [6.07, 6.45) is 0.967. The normalized spacial score (nSPS) is 13.2. The van der Waals surface area contributed by atoms with Crippen LogP contribution in [0.5, 0.6) is 0 Å². The smallest absolute Gasteiger partial charge is 0.0236 e. The molecule has 0 bridgehead atoms. The maximum absolute atomic E-state index is 5.57. The first kappa shape index (κ1) is 16.2. The molecule has 19 heavy (non-hydrogen) atoms. The second-order valence-corrected chi connectivity index (χ2v) is 5.53. The Labute approximate surface area is 118 Å². The lowest BCUT2D eigenvalue weighted by molar-refractivity contribution is 0.174. The van der Waals surface area contributed by atoms with Crippen molar-refractivity contribution in [2.45, 2.75) is 32.9 Å². The number of nitrogens with zero attached hydrogens (tertiary/aromatic N) is 2. The predicted octanol–water partition coefficient (Wildman–Crippen LogP) is 1.96. The summed E-state index contributed by atoms with van der Waals surface area (Å²) in [5.74, 6) is 0. The van der Waals surface area contributed by atoms with Gasteiger partial charge in [-0.15, -0.1) is 0 Å². The molecule has 0 aliphatic heterocycles. The summed E-state index contributed by atoms with van der Waals surface area (Å²) in [6.45, 7) is 8.45. The van der Waals surface area contributed by atoms with E-state index in [1.807, 2.05) is 0 Å². The zero-order valence-electron chi connectivity index (χ0n) is 12.9. The maximum atomic E-state index is 5.57. The molecule has 0 aliphatic rings. The monoisotopic (exact) mass is 263 g/mol. The van der Waals surface area contributed by atoms with Gasteiger partial charge < -0.3 is 10.6 Å². The van der Waals surface area contributed by atoms with Crippen molar-refractivity contribution in [3.63, 3.8) is 0 Å². The molecule has 1 rings (SSSR count). The van der Waals surface area contributed by atoms with Crippen molar-refractivity contribution >= 4 is 0 Å². The Hall–Kier alpha value is -0.900. The first-order valence-corrected chi connectivity index (χ1v) is 7.23. The molecular formula is C16H29N3. The second-order valence-electron chi connectivity index (χ2n) is 5.53. The van der Waals surface area contributed by atoms with Crippen molar-refractivity contribution in [3.05, 3.63) is 35.4 Å². The summed E-state index contributed by atoms with van der Waals surface area (Å²) < 4.78 is 0. The fraction of sp³-hybridized carbons (Fsp3) is 0.625. The highest BCUT2D eigenvalue weighted by molar-refractivity contribution is 5.22. The first-order chi connectivity index (χ1) is 9.06. The van der Waals surface area contributed by atoms with Gasteiger partial charge in [0.2, 0.25) is 0 Å². The van der Waals surface area contributed by atoms with E-state index in [9.17, 15) is 0 Å². The van der Waals surface area contributed by atoms with Gasteiger partial charge in [-0.05, 0) is 51.7 Å². The number of hydrogen-bond donors (Lipinski definition) is 1. The molecule has 3 heteroatoms. The third-order valence-corrected chi connectivity index (χ3v) is 3.50. The molecule has 1 unspecified atom stereocenters. The van der Waals surface area contributed by atoms with Gasteiger partial charge in [-0.3, -0.25) is 4.90 Å². The molecule has 108 valence electrons. The van der Waals surface area contributed by atoms with E-state index < -0.39 is 0 Å². The van der Waals surface area contributed by atoms with Crippen molar-refractivity contribution in [1.29, 1.82) is 0 Å². The molecule has 0 aliphatic carbocycles. The summed E-state index contributed by atoms with van der Waals surface area (Å²) in [5.41, 5.74) is 8.29. The highest BCUT2D eigenvalue weighted by Crippen LogP contribution is 2.10. The molecule has 0 amide bonds. The zero-order valence-corrected chi connectivity index (χ0v) is 12.9. The van der Waals surface area contributed by atoms with Gasteiger partial charge in [0, 0.05) is 19.1 Å². The molecule has 0 spiro atoms. The van der Waals surface area contributed by atoms with E-state index in [4.69, 9.17) is 5.73 Å². The van der Waals surface area contributed by atoms with E-state index in [0.29, 0.717) is 6.04 Å². The van der Waals surface area contributed by atoms with Crippen LogP contribution in [-0.2, 0) is 13.0 Å². The summed E-state index contributed by atoms with van der Waals surface area (Å²) >= 11 is 0. The lowest BCUT2D eigenvalue weighted by Gasteiger charge is -2.30. The van der Waals surface area contributed by atoms with E-state index in [2.05, 4.69) is 62.0 Å². The van der Waals surface area contributed by atoms with Crippen molar-refractivity contribution in [2.75, 3.05) is 33.7 Å². The molecule has 2 N–H and O–H groups in total. The van der Waals surface area contributed by atoms with E-state index in [0.717, 1.165) is 32.6 Å². The topological polar surface area (TPSA) is 32.5 Å². The van der Waals surface area contributed by atoms with Gasteiger partial charge >= 0.3 is 0 Å². The Bertz CT molecular complexity index is 346. The van der Waals surface area contributed by atoms with E-state index in [1.54, 1.807) is 0 Å². The van der Waals surface area contributed by atoms with Crippen LogP contribution >= 0.6 is 0 Å².